The number of esters is 1. The van der Waals surface area contributed by atoms with Gasteiger partial charge in [0, 0.05) is 0 Å². The van der Waals surface area contributed by atoms with Crippen LogP contribution in [0.1, 0.15) is 6.92 Å². The van der Waals surface area contributed by atoms with Crippen LogP contribution in [0.3, 0.4) is 0 Å². The largest absolute Gasteiger partial charge is 0.465 e. The first-order valence-electron chi connectivity index (χ1n) is 5.37. The minimum atomic E-state index is -4.40. The molecule has 0 amide bonds. The number of nitrogens with one attached hydrogen (secondary N) is 1. The zero-order chi connectivity index (χ0) is 15.3. The second kappa shape index (κ2) is 6.39. The lowest BCUT2D eigenvalue weighted by Gasteiger charge is -2.07. The first-order chi connectivity index (χ1) is 9.29. The molecule has 10 heteroatoms. The molecule has 1 aromatic carbocycles. The molecule has 0 bridgehead atoms. The summed E-state index contributed by atoms with van der Waals surface area (Å²) in [7, 11) is -4.40. The van der Waals surface area contributed by atoms with Gasteiger partial charge in [0.25, 0.3) is 0 Å². The van der Waals surface area contributed by atoms with Gasteiger partial charge in [0.05, 0.1) is 11.5 Å². The number of nitrogens with zero attached hydrogens (tertiary/aromatic N) is 1. The Hall–Kier alpha value is -2.07. The van der Waals surface area contributed by atoms with Crippen LogP contribution in [0.15, 0.2) is 23.1 Å². The summed E-state index contributed by atoms with van der Waals surface area (Å²) in [6, 6.07) is 2.65. The summed E-state index contributed by atoms with van der Waals surface area (Å²) in [6.45, 7) is 0.883. The van der Waals surface area contributed by atoms with Crippen molar-refractivity contribution >= 4 is 21.7 Å². The Labute approximate surface area is 113 Å². The molecule has 110 valence electrons. The lowest BCUT2D eigenvalue weighted by atomic mass is 10.3. The average molecular weight is 306 g/mol. The van der Waals surface area contributed by atoms with Crippen molar-refractivity contribution in [3.05, 3.63) is 34.1 Å². The second-order valence-corrected chi connectivity index (χ2v) is 5.21. The van der Waals surface area contributed by atoms with E-state index < -0.39 is 43.9 Å². The molecule has 20 heavy (non-hydrogen) atoms. The predicted octanol–water partition coefficient (Wildman–Crippen LogP) is 0.575. The zero-order valence-electron chi connectivity index (χ0n) is 10.3. The van der Waals surface area contributed by atoms with Crippen LogP contribution < -0.4 is 4.72 Å². The summed E-state index contributed by atoms with van der Waals surface area (Å²) < 4.78 is 43.3. The number of nitro groups is 1. The van der Waals surface area contributed by atoms with E-state index in [0.717, 1.165) is 18.2 Å². The van der Waals surface area contributed by atoms with Gasteiger partial charge in [0.1, 0.15) is 6.54 Å². The van der Waals surface area contributed by atoms with Gasteiger partial charge >= 0.3 is 11.7 Å². The number of halogens is 1. The van der Waals surface area contributed by atoms with Crippen LogP contribution >= 0.6 is 0 Å². The Balaban J connectivity index is 3.08. The number of carbonyl (C=O) groups is 1. The van der Waals surface area contributed by atoms with Gasteiger partial charge in [-0.15, -0.1) is 0 Å². The molecule has 0 saturated carbocycles. The predicted molar refractivity (Wildman–Crippen MR) is 64.9 cm³/mol. The van der Waals surface area contributed by atoms with Crippen molar-refractivity contribution in [2.75, 3.05) is 13.2 Å². The molecule has 0 aromatic heterocycles. The van der Waals surface area contributed by atoms with Crippen LogP contribution in [0.25, 0.3) is 0 Å². The van der Waals surface area contributed by atoms with Crippen LogP contribution in [-0.2, 0) is 19.6 Å². The van der Waals surface area contributed by atoms with E-state index in [9.17, 15) is 27.7 Å². The van der Waals surface area contributed by atoms with Gasteiger partial charge in [-0.25, -0.2) is 8.42 Å². The molecule has 0 atom stereocenters. The van der Waals surface area contributed by atoms with Gasteiger partial charge in [-0.2, -0.15) is 9.11 Å². The van der Waals surface area contributed by atoms with E-state index in [2.05, 4.69) is 4.74 Å². The van der Waals surface area contributed by atoms with Gasteiger partial charge in [-0.3, -0.25) is 14.9 Å². The van der Waals surface area contributed by atoms with Gasteiger partial charge in [0.2, 0.25) is 15.8 Å². The summed E-state index contributed by atoms with van der Waals surface area (Å²) in [5.74, 6) is -2.14. The fourth-order valence-electron chi connectivity index (χ4n) is 1.33. The van der Waals surface area contributed by atoms with E-state index in [4.69, 9.17) is 0 Å². The van der Waals surface area contributed by atoms with Crippen LogP contribution in [0, 0.1) is 15.9 Å². The molecule has 0 unspecified atom stereocenters. The molecule has 1 aromatic rings. The number of hydrogen-bond donors (Lipinski definition) is 1. The fourth-order valence-corrected chi connectivity index (χ4v) is 2.48. The lowest BCUT2D eigenvalue weighted by Crippen LogP contribution is -2.31. The Bertz CT molecular complexity index is 631. The number of sulfonamides is 1. The number of hydrogen-bond acceptors (Lipinski definition) is 6. The van der Waals surface area contributed by atoms with Crippen molar-refractivity contribution in [3.63, 3.8) is 0 Å². The van der Waals surface area contributed by atoms with Gasteiger partial charge in [-0.05, 0) is 19.1 Å². The number of carbonyl (C=O) groups excluding carboxylic acids is 1. The number of nitro benzene ring substituents is 1. The normalized spacial score (nSPS) is 11.1. The van der Waals surface area contributed by atoms with Gasteiger partial charge < -0.3 is 4.74 Å². The highest BCUT2D eigenvalue weighted by atomic mass is 32.2. The molecule has 0 radical (unpaired) electrons. The van der Waals surface area contributed by atoms with Crippen LogP contribution in [0.5, 0.6) is 0 Å². The lowest BCUT2D eigenvalue weighted by molar-refractivity contribution is -0.390. The van der Waals surface area contributed by atoms with Crippen LogP contribution in [0.4, 0.5) is 10.1 Å². The minimum absolute atomic E-state index is 0.0562. The molecular weight excluding hydrogens is 295 g/mol. The maximum Gasteiger partial charge on any atom is 0.324 e. The summed E-state index contributed by atoms with van der Waals surface area (Å²) in [4.78, 5) is 19.8. The monoisotopic (exact) mass is 306 g/mol. The highest BCUT2D eigenvalue weighted by Crippen LogP contribution is 2.26. The average Bonchev–Trinajstić information content (AvgIpc) is 2.36. The first-order valence-corrected chi connectivity index (χ1v) is 6.86. The Morgan fingerprint density at radius 1 is 1.50 bits per heavy atom. The minimum Gasteiger partial charge on any atom is -0.465 e. The SMILES string of the molecule is CCOC(=O)CNS(=O)(=O)c1cccc(F)c1[N+](=O)[O-]. The third kappa shape index (κ3) is 3.71. The smallest absolute Gasteiger partial charge is 0.324 e. The van der Waals surface area contributed by atoms with E-state index >= 15 is 0 Å². The molecule has 0 aliphatic rings. The number of ether oxygens (including phenoxy) is 1. The summed E-state index contributed by atoms with van der Waals surface area (Å²) >= 11 is 0. The summed E-state index contributed by atoms with van der Waals surface area (Å²) in [5, 5.41) is 10.7. The van der Waals surface area contributed by atoms with Crippen LogP contribution in [-0.4, -0.2) is 32.5 Å². The van der Waals surface area contributed by atoms with Crippen molar-refractivity contribution in [2.45, 2.75) is 11.8 Å². The van der Waals surface area contributed by atoms with E-state index in [1.165, 1.54) is 6.92 Å². The molecular formula is C10H11FN2O6S. The first kappa shape index (κ1) is 16.0. The Morgan fingerprint density at radius 2 is 2.15 bits per heavy atom. The molecule has 1 rings (SSSR count). The second-order valence-electron chi connectivity index (χ2n) is 3.47. The number of para-hydroxylation sites is 1. The van der Waals surface area contributed by atoms with E-state index in [0.29, 0.717) is 0 Å². The fraction of sp³-hybridized carbons (Fsp3) is 0.300. The molecule has 8 nitrogen and oxygen atoms in total. The standard InChI is InChI=1S/C10H11FN2O6S/c1-2-19-9(14)6-12-20(17,18)8-5-3-4-7(11)10(8)13(15)16/h3-5,12H,2,6H2,1H3. The highest BCUT2D eigenvalue weighted by molar-refractivity contribution is 7.89. The van der Waals surface area contributed by atoms with E-state index in [-0.39, 0.29) is 6.61 Å². The third-order valence-electron chi connectivity index (χ3n) is 2.13. The van der Waals surface area contributed by atoms with Crippen molar-refractivity contribution in [2.24, 2.45) is 0 Å². The van der Waals surface area contributed by atoms with Gasteiger partial charge in [0.15, 0.2) is 4.90 Å². The number of benzene rings is 1. The molecule has 0 heterocycles. The van der Waals surface area contributed by atoms with E-state index in [1.807, 2.05) is 4.72 Å². The van der Waals surface area contributed by atoms with Crippen molar-refractivity contribution in [3.8, 4) is 0 Å². The summed E-state index contributed by atoms with van der Waals surface area (Å²) in [5.41, 5.74) is -1.18. The van der Waals surface area contributed by atoms with Crippen molar-refractivity contribution < 1.29 is 27.3 Å². The molecule has 0 fully saturated rings. The third-order valence-corrected chi connectivity index (χ3v) is 3.57. The topological polar surface area (TPSA) is 116 Å². The molecule has 0 aliphatic heterocycles. The Kier molecular flexibility index (Phi) is 5.11. The maximum absolute atomic E-state index is 13.3. The van der Waals surface area contributed by atoms with Gasteiger partial charge in [-0.1, -0.05) is 6.07 Å². The molecule has 0 aliphatic carbocycles. The maximum atomic E-state index is 13.3. The van der Waals surface area contributed by atoms with E-state index in [1.54, 1.807) is 0 Å². The van der Waals surface area contributed by atoms with Crippen molar-refractivity contribution in [1.82, 2.24) is 4.72 Å². The van der Waals surface area contributed by atoms with Crippen LogP contribution in [0.2, 0.25) is 0 Å². The Morgan fingerprint density at radius 3 is 2.70 bits per heavy atom. The molecule has 1 N–H and O–H groups in total. The highest BCUT2D eigenvalue weighted by Gasteiger charge is 2.29. The molecule has 0 spiro atoms. The van der Waals surface area contributed by atoms with Crippen molar-refractivity contribution in [1.29, 1.82) is 0 Å². The summed E-state index contributed by atoms with van der Waals surface area (Å²) in [6.07, 6.45) is 0. The zero-order valence-corrected chi connectivity index (χ0v) is 11.1. The quantitative estimate of drug-likeness (QED) is 0.467. The number of rotatable bonds is 6. The molecule has 0 saturated heterocycles.